The van der Waals surface area contributed by atoms with Crippen LogP contribution in [0, 0.1) is 5.92 Å². The number of rotatable bonds is 4. The van der Waals surface area contributed by atoms with Crippen LogP contribution in [0.4, 0.5) is 11.5 Å². The van der Waals surface area contributed by atoms with Gasteiger partial charge in [-0.1, -0.05) is 12.8 Å². The van der Waals surface area contributed by atoms with Crippen LogP contribution in [0.25, 0.3) is 0 Å². The molecule has 0 radical (unpaired) electrons. The number of aromatic nitrogens is 2. The zero-order valence-electron chi connectivity index (χ0n) is 14.4. The topological polar surface area (TPSA) is 94.5 Å². The van der Waals surface area contributed by atoms with Crippen molar-refractivity contribution in [3.63, 3.8) is 0 Å². The fourth-order valence-electron chi connectivity index (χ4n) is 3.28. The van der Waals surface area contributed by atoms with E-state index in [1.807, 2.05) is 0 Å². The van der Waals surface area contributed by atoms with Gasteiger partial charge in [0.25, 0.3) is 5.91 Å². The molecule has 1 fully saturated rings. The number of nitrogens with zero attached hydrogens (tertiary/aromatic N) is 2. The maximum absolute atomic E-state index is 12.5. The normalized spacial score (nSPS) is 15.9. The highest BCUT2D eigenvalue weighted by Gasteiger charge is 2.24. The van der Waals surface area contributed by atoms with E-state index in [0.29, 0.717) is 23.0 Å². The number of carbonyl (C=O) groups excluding carboxylic acids is 2. The van der Waals surface area contributed by atoms with E-state index in [2.05, 4.69) is 15.7 Å². The first kappa shape index (κ1) is 16.4. The predicted octanol–water partition coefficient (Wildman–Crippen LogP) is 2.53. The first-order valence-electron chi connectivity index (χ1n) is 8.66. The van der Waals surface area contributed by atoms with Gasteiger partial charge < -0.3 is 20.1 Å². The molecule has 1 aromatic carbocycles. The third-order valence-corrected chi connectivity index (χ3v) is 4.72. The standard InChI is InChI=1S/C18H20N4O4/c1-22-16(20-17(23)11-4-2-3-5-11)9-13(21-22)18(24)19-12-6-7-14-15(8-12)26-10-25-14/h6-9,11H,2-5,10H2,1H3,(H,19,24)(H,20,23). The maximum Gasteiger partial charge on any atom is 0.276 e. The Labute approximate surface area is 150 Å². The lowest BCUT2D eigenvalue weighted by Crippen LogP contribution is -2.21. The maximum atomic E-state index is 12.5. The largest absolute Gasteiger partial charge is 0.454 e. The number of amides is 2. The second kappa shape index (κ2) is 6.70. The number of nitrogens with one attached hydrogen (secondary N) is 2. The lowest BCUT2D eigenvalue weighted by Gasteiger charge is -2.09. The van der Waals surface area contributed by atoms with Gasteiger partial charge in [0, 0.05) is 30.8 Å². The van der Waals surface area contributed by atoms with Crippen molar-refractivity contribution >= 4 is 23.3 Å². The average molecular weight is 356 g/mol. The second-order valence-corrected chi connectivity index (χ2v) is 6.53. The van der Waals surface area contributed by atoms with Gasteiger partial charge in [-0.15, -0.1) is 0 Å². The molecule has 2 N–H and O–H groups in total. The number of aryl methyl sites for hydroxylation is 1. The van der Waals surface area contributed by atoms with E-state index >= 15 is 0 Å². The Morgan fingerprint density at radius 2 is 1.88 bits per heavy atom. The van der Waals surface area contributed by atoms with E-state index in [4.69, 9.17) is 9.47 Å². The molecule has 1 saturated carbocycles. The first-order chi connectivity index (χ1) is 12.6. The average Bonchev–Trinajstić information content (AvgIpc) is 3.35. The fraction of sp³-hybridized carbons (Fsp3) is 0.389. The minimum atomic E-state index is -0.360. The van der Waals surface area contributed by atoms with Crippen molar-refractivity contribution in [2.45, 2.75) is 25.7 Å². The van der Waals surface area contributed by atoms with Crippen LogP contribution >= 0.6 is 0 Å². The molecule has 2 aromatic rings. The summed E-state index contributed by atoms with van der Waals surface area (Å²) in [6, 6.07) is 6.75. The van der Waals surface area contributed by atoms with E-state index in [1.54, 1.807) is 31.3 Å². The van der Waals surface area contributed by atoms with Crippen molar-refractivity contribution in [2.24, 2.45) is 13.0 Å². The molecule has 2 aliphatic rings. The molecule has 1 aliphatic carbocycles. The lowest BCUT2D eigenvalue weighted by molar-refractivity contribution is -0.119. The van der Waals surface area contributed by atoms with Crippen LogP contribution in [0.1, 0.15) is 36.2 Å². The molecule has 0 spiro atoms. The number of anilines is 2. The lowest BCUT2D eigenvalue weighted by atomic mass is 10.1. The summed E-state index contributed by atoms with van der Waals surface area (Å²) in [6.07, 6.45) is 4.02. The molecule has 2 amide bonds. The van der Waals surface area contributed by atoms with Gasteiger partial charge in [0.1, 0.15) is 5.82 Å². The van der Waals surface area contributed by atoms with Crippen LogP contribution in [-0.4, -0.2) is 28.4 Å². The summed E-state index contributed by atoms with van der Waals surface area (Å²) in [7, 11) is 1.70. The molecule has 136 valence electrons. The summed E-state index contributed by atoms with van der Waals surface area (Å²) in [5.41, 5.74) is 0.813. The van der Waals surface area contributed by atoms with Crippen LogP contribution < -0.4 is 20.1 Å². The van der Waals surface area contributed by atoms with Crippen molar-refractivity contribution in [1.29, 1.82) is 0 Å². The van der Waals surface area contributed by atoms with E-state index in [9.17, 15) is 9.59 Å². The Kier molecular flexibility index (Phi) is 4.24. The van der Waals surface area contributed by atoms with Gasteiger partial charge in [-0.05, 0) is 25.0 Å². The van der Waals surface area contributed by atoms with Gasteiger partial charge in [0.2, 0.25) is 12.7 Å². The Hall–Kier alpha value is -3.03. The summed E-state index contributed by atoms with van der Waals surface area (Å²) in [5.74, 6) is 1.44. The number of fused-ring (bicyclic) bond motifs is 1. The van der Waals surface area contributed by atoms with Crippen molar-refractivity contribution in [1.82, 2.24) is 9.78 Å². The number of benzene rings is 1. The van der Waals surface area contributed by atoms with Gasteiger partial charge in [-0.25, -0.2) is 0 Å². The Morgan fingerprint density at radius 3 is 2.69 bits per heavy atom. The van der Waals surface area contributed by atoms with Crippen LogP contribution in [0.3, 0.4) is 0 Å². The van der Waals surface area contributed by atoms with E-state index in [0.717, 1.165) is 25.7 Å². The molecular formula is C18H20N4O4. The third-order valence-electron chi connectivity index (χ3n) is 4.72. The quantitative estimate of drug-likeness (QED) is 0.878. The van der Waals surface area contributed by atoms with Crippen molar-refractivity contribution in [2.75, 3.05) is 17.4 Å². The van der Waals surface area contributed by atoms with Crippen LogP contribution in [0.15, 0.2) is 24.3 Å². The van der Waals surface area contributed by atoms with Gasteiger partial charge in [-0.3, -0.25) is 14.3 Å². The SMILES string of the molecule is Cn1nc(C(=O)Nc2ccc3c(c2)OCO3)cc1NC(=O)C1CCCC1. The summed E-state index contributed by atoms with van der Waals surface area (Å²) >= 11 is 0. The van der Waals surface area contributed by atoms with Gasteiger partial charge in [-0.2, -0.15) is 5.10 Å². The predicted molar refractivity (Wildman–Crippen MR) is 94.3 cm³/mol. The molecule has 1 aliphatic heterocycles. The highest BCUT2D eigenvalue weighted by atomic mass is 16.7. The van der Waals surface area contributed by atoms with Crippen LogP contribution in [0.5, 0.6) is 11.5 Å². The Bertz CT molecular complexity index is 855. The van der Waals surface area contributed by atoms with Crippen molar-refractivity contribution < 1.29 is 19.1 Å². The molecule has 0 saturated heterocycles. The molecule has 2 heterocycles. The minimum absolute atomic E-state index is 0.00627. The van der Waals surface area contributed by atoms with E-state index in [1.165, 1.54) is 4.68 Å². The molecule has 4 rings (SSSR count). The number of ether oxygens (including phenoxy) is 2. The third kappa shape index (κ3) is 3.22. The van der Waals surface area contributed by atoms with E-state index < -0.39 is 0 Å². The summed E-state index contributed by atoms with van der Waals surface area (Å²) in [6.45, 7) is 0.178. The highest BCUT2D eigenvalue weighted by Crippen LogP contribution is 2.34. The molecular weight excluding hydrogens is 336 g/mol. The molecule has 8 heteroatoms. The smallest absolute Gasteiger partial charge is 0.276 e. The molecule has 0 bridgehead atoms. The number of hydrogen-bond acceptors (Lipinski definition) is 5. The zero-order chi connectivity index (χ0) is 18.1. The first-order valence-corrected chi connectivity index (χ1v) is 8.66. The number of hydrogen-bond donors (Lipinski definition) is 2. The molecule has 0 unspecified atom stereocenters. The van der Waals surface area contributed by atoms with Gasteiger partial charge >= 0.3 is 0 Å². The van der Waals surface area contributed by atoms with Crippen LogP contribution in [-0.2, 0) is 11.8 Å². The molecule has 0 atom stereocenters. The van der Waals surface area contributed by atoms with Gasteiger partial charge in [0.15, 0.2) is 17.2 Å². The van der Waals surface area contributed by atoms with Crippen molar-refractivity contribution in [3.8, 4) is 11.5 Å². The second-order valence-electron chi connectivity index (χ2n) is 6.53. The Morgan fingerprint density at radius 1 is 1.12 bits per heavy atom. The molecule has 8 nitrogen and oxygen atoms in total. The van der Waals surface area contributed by atoms with Crippen molar-refractivity contribution in [3.05, 3.63) is 30.0 Å². The summed E-state index contributed by atoms with van der Waals surface area (Å²) in [5, 5.41) is 9.84. The van der Waals surface area contributed by atoms with E-state index in [-0.39, 0.29) is 30.2 Å². The molecule has 1 aromatic heterocycles. The van der Waals surface area contributed by atoms with Crippen LogP contribution in [0.2, 0.25) is 0 Å². The Balaban J connectivity index is 1.44. The minimum Gasteiger partial charge on any atom is -0.454 e. The highest BCUT2D eigenvalue weighted by molar-refractivity contribution is 6.04. The summed E-state index contributed by atoms with van der Waals surface area (Å²) < 4.78 is 12.1. The molecule has 26 heavy (non-hydrogen) atoms. The zero-order valence-corrected chi connectivity index (χ0v) is 14.4. The summed E-state index contributed by atoms with van der Waals surface area (Å²) in [4.78, 5) is 24.7. The fourth-order valence-corrected chi connectivity index (χ4v) is 3.28. The monoisotopic (exact) mass is 356 g/mol. The van der Waals surface area contributed by atoms with Gasteiger partial charge in [0.05, 0.1) is 0 Å². The number of carbonyl (C=O) groups is 2.